The molecule has 4 nitrogen and oxygen atoms in total. The fourth-order valence-corrected chi connectivity index (χ4v) is 3.91. The van der Waals surface area contributed by atoms with Gasteiger partial charge in [-0.1, -0.05) is 55.9 Å². The standard InChI is InChI=1S/C21H25N3OS/c1-3-13-24(14-4-2)20(25)17-10-6-5-9-16(17)15-26-21-22-18-11-7-8-12-19(18)23-21/h5-12H,3-4,13-15H2,1-2H3,(H,22,23). The van der Waals surface area contributed by atoms with Gasteiger partial charge in [-0.3, -0.25) is 4.79 Å². The van der Waals surface area contributed by atoms with Gasteiger partial charge in [0.1, 0.15) is 0 Å². The van der Waals surface area contributed by atoms with Crippen LogP contribution in [0.2, 0.25) is 0 Å². The average molecular weight is 368 g/mol. The molecule has 0 aliphatic heterocycles. The summed E-state index contributed by atoms with van der Waals surface area (Å²) in [5.41, 5.74) is 3.87. The van der Waals surface area contributed by atoms with E-state index in [1.807, 2.05) is 53.4 Å². The number of fused-ring (bicyclic) bond motifs is 1. The third-order valence-electron chi connectivity index (χ3n) is 4.25. The number of carbonyl (C=O) groups is 1. The smallest absolute Gasteiger partial charge is 0.254 e. The number of carbonyl (C=O) groups excluding carboxylic acids is 1. The molecule has 1 heterocycles. The van der Waals surface area contributed by atoms with Crippen LogP contribution in [0.4, 0.5) is 0 Å². The Labute approximate surface area is 159 Å². The van der Waals surface area contributed by atoms with Crippen molar-refractivity contribution >= 4 is 28.7 Å². The van der Waals surface area contributed by atoms with Crippen LogP contribution in [0.25, 0.3) is 11.0 Å². The van der Waals surface area contributed by atoms with Gasteiger partial charge in [-0.15, -0.1) is 0 Å². The van der Waals surface area contributed by atoms with Gasteiger partial charge in [-0.05, 0) is 36.6 Å². The molecule has 0 spiro atoms. The van der Waals surface area contributed by atoms with E-state index < -0.39 is 0 Å². The van der Waals surface area contributed by atoms with Crippen molar-refractivity contribution in [3.63, 3.8) is 0 Å². The quantitative estimate of drug-likeness (QED) is 0.562. The molecule has 0 fully saturated rings. The Balaban J connectivity index is 1.77. The minimum atomic E-state index is 0.134. The summed E-state index contributed by atoms with van der Waals surface area (Å²) in [6.45, 7) is 5.83. The number of para-hydroxylation sites is 2. The number of nitrogens with zero attached hydrogens (tertiary/aromatic N) is 2. The third-order valence-corrected chi connectivity index (χ3v) is 5.18. The summed E-state index contributed by atoms with van der Waals surface area (Å²) in [5.74, 6) is 0.850. The largest absolute Gasteiger partial charge is 0.339 e. The molecule has 2 aromatic carbocycles. The Kier molecular flexibility index (Phi) is 6.34. The summed E-state index contributed by atoms with van der Waals surface area (Å²) < 4.78 is 0. The fourth-order valence-electron chi connectivity index (χ4n) is 3.02. The molecule has 0 saturated carbocycles. The Morgan fingerprint density at radius 3 is 2.46 bits per heavy atom. The molecule has 0 saturated heterocycles. The molecule has 0 aliphatic carbocycles. The van der Waals surface area contributed by atoms with Crippen molar-refractivity contribution < 1.29 is 4.79 Å². The second kappa shape index (κ2) is 8.90. The summed E-state index contributed by atoms with van der Waals surface area (Å²) in [4.78, 5) is 22.9. The number of hydrogen-bond donors (Lipinski definition) is 1. The normalized spacial score (nSPS) is 11.0. The van der Waals surface area contributed by atoms with Gasteiger partial charge in [0.05, 0.1) is 11.0 Å². The average Bonchev–Trinajstić information content (AvgIpc) is 3.09. The molecular formula is C21H25N3OS. The highest BCUT2D eigenvalue weighted by Crippen LogP contribution is 2.25. The van der Waals surface area contributed by atoms with Crippen LogP contribution in [0, 0.1) is 0 Å². The van der Waals surface area contributed by atoms with Crippen molar-refractivity contribution in [3.05, 3.63) is 59.7 Å². The van der Waals surface area contributed by atoms with E-state index in [9.17, 15) is 4.79 Å². The van der Waals surface area contributed by atoms with Crippen LogP contribution in [-0.4, -0.2) is 33.9 Å². The third kappa shape index (κ3) is 4.28. The lowest BCUT2D eigenvalue weighted by Gasteiger charge is -2.22. The second-order valence-electron chi connectivity index (χ2n) is 6.30. The summed E-state index contributed by atoms with van der Waals surface area (Å²) >= 11 is 1.63. The zero-order valence-corrected chi connectivity index (χ0v) is 16.2. The molecule has 3 rings (SSSR count). The van der Waals surface area contributed by atoms with E-state index in [1.165, 1.54) is 0 Å². The number of rotatable bonds is 8. The molecule has 0 radical (unpaired) electrons. The Morgan fingerprint density at radius 2 is 1.73 bits per heavy atom. The van der Waals surface area contributed by atoms with Crippen LogP contribution >= 0.6 is 11.8 Å². The summed E-state index contributed by atoms with van der Waals surface area (Å²) in [5, 5.41) is 0.882. The lowest BCUT2D eigenvalue weighted by molar-refractivity contribution is 0.0755. The fraction of sp³-hybridized carbons (Fsp3) is 0.333. The number of nitrogens with one attached hydrogen (secondary N) is 1. The SMILES string of the molecule is CCCN(CCC)C(=O)c1ccccc1CSc1nc2ccccc2[nH]1. The maximum atomic E-state index is 13.0. The number of benzene rings is 2. The molecule has 1 amide bonds. The molecule has 5 heteroatoms. The van der Waals surface area contributed by atoms with Crippen LogP contribution in [0.5, 0.6) is 0 Å². The maximum Gasteiger partial charge on any atom is 0.254 e. The molecule has 136 valence electrons. The van der Waals surface area contributed by atoms with E-state index in [2.05, 4.69) is 23.8 Å². The lowest BCUT2D eigenvalue weighted by Crippen LogP contribution is -2.33. The van der Waals surface area contributed by atoms with Crippen molar-refractivity contribution in [2.45, 2.75) is 37.6 Å². The van der Waals surface area contributed by atoms with Gasteiger partial charge in [-0.25, -0.2) is 4.98 Å². The van der Waals surface area contributed by atoms with Gasteiger partial charge in [0, 0.05) is 24.4 Å². The van der Waals surface area contributed by atoms with E-state index >= 15 is 0 Å². The number of H-pyrrole nitrogens is 1. The van der Waals surface area contributed by atoms with Crippen LogP contribution in [-0.2, 0) is 5.75 Å². The van der Waals surface area contributed by atoms with Gasteiger partial charge in [0.15, 0.2) is 5.16 Å². The molecule has 1 aromatic heterocycles. The van der Waals surface area contributed by atoms with E-state index in [4.69, 9.17) is 0 Å². The van der Waals surface area contributed by atoms with E-state index in [0.717, 1.165) is 53.2 Å². The predicted molar refractivity (Wildman–Crippen MR) is 109 cm³/mol. The number of aromatic nitrogens is 2. The van der Waals surface area contributed by atoms with Crippen LogP contribution < -0.4 is 0 Å². The second-order valence-corrected chi connectivity index (χ2v) is 7.26. The highest BCUT2D eigenvalue weighted by atomic mass is 32.2. The number of hydrogen-bond acceptors (Lipinski definition) is 3. The molecular weight excluding hydrogens is 342 g/mol. The molecule has 26 heavy (non-hydrogen) atoms. The summed E-state index contributed by atoms with van der Waals surface area (Å²) in [7, 11) is 0. The first-order chi connectivity index (χ1) is 12.7. The molecule has 0 unspecified atom stereocenters. The van der Waals surface area contributed by atoms with E-state index in [-0.39, 0.29) is 5.91 Å². The Hall–Kier alpha value is -2.27. The maximum absolute atomic E-state index is 13.0. The monoisotopic (exact) mass is 367 g/mol. The first-order valence-electron chi connectivity index (χ1n) is 9.17. The lowest BCUT2D eigenvalue weighted by atomic mass is 10.1. The zero-order chi connectivity index (χ0) is 18.4. The van der Waals surface area contributed by atoms with E-state index in [0.29, 0.717) is 5.75 Å². The van der Waals surface area contributed by atoms with Crippen LogP contribution in [0.1, 0.15) is 42.6 Å². The highest BCUT2D eigenvalue weighted by molar-refractivity contribution is 7.98. The predicted octanol–water partition coefficient (Wildman–Crippen LogP) is 5.12. The zero-order valence-electron chi connectivity index (χ0n) is 15.4. The van der Waals surface area contributed by atoms with Gasteiger partial charge < -0.3 is 9.88 Å². The van der Waals surface area contributed by atoms with Crippen molar-refractivity contribution in [1.82, 2.24) is 14.9 Å². The van der Waals surface area contributed by atoms with Crippen molar-refractivity contribution in [1.29, 1.82) is 0 Å². The molecule has 3 aromatic rings. The molecule has 0 bridgehead atoms. The summed E-state index contributed by atoms with van der Waals surface area (Å²) in [6, 6.07) is 15.9. The van der Waals surface area contributed by atoms with Gasteiger partial charge in [0.25, 0.3) is 5.91 Å². The van der Waals surface area contributed by atoms with Gasteiger partial charge in [-0.2, -0.15) is 0 Å². The van der Waals surface area contributed by atoms with Crippen molar-refractivity contribution in [3.8, 4) is 0 Å². The molecule has 0 aliphatic rings. The Morgan fingerprint density at radius 1 is 1.04 bits per heavy atom. The van der Waals surface area contributed by atoms with Gasteiger partial charge >= 0.3 is 0 Å². The Bertz CT molecular complexity index is 835. The van der Waals surface area contributed by atoms with Crippen LogP contribution in [0.3, 0.4) is 0 Å². The molecule has 1 N–H and O–H groups in total. The van der Waals surface area contributed by atoms with E-state index in [1.54, 1.807) is 11.8 Å². The minimum Gasteiger partial charge on any atom is -0.339 e. The number of aromatic amines is 1. The number of thioether (sulfide) groups is 1. The molecule has 0 atom stereocenters. The van der Waals surface area contributed by atoms with Crippen LogP contribution in [0.15, 0.2) is 53.7 Å². The topological polar surface area (TPSA) is 49.0 Å². The van der Waals surface area contributed by atoms with Crippen molar-refractivity contribution in [2.24, 2.45) is 0 Å². The van der Waals surface area contributed by atoms with Gasteiger partial charge in [0.2, 0.25) is 0 Å². The first-order valence-corrected chi connectivity index (χ1v) is 10.2. The highest BCUT2D eigenvalue weighted by Gasteiger charge is 2.17. The minimum absolute atomic E-state index is 0.134. The summed E-state index contributed by atoms with van der Waals surface area (Å²) in [6.07, 6.45) is 1.95. The number of imidazole rings is 1. The number of amides is 1. The first kappa shape index (κ1) is 18.5. The van der Waals surface area contributed by atoms with Crippen molar-refractivity contribution in [2.75, 3.05) is 13.1 Å².